The second-order valence-corrected chi connectivity index (χ2v) is 9.18. The van der Waals surface area contributed by atoms with Crippen molar-refractivity contribution in [3.8, 4) is 11.6 Å². The largest absolute Gasteiger partial charge is 0.438 e. The lowest BCUT2D eigenvalue weighted by atomic mass is 10.2. The summed E-state index contributed by atoms with van der Waals surface area (Å²) in [6.07, 6.45) is 3.27. The number of hydrogen-bond donors (Lipinski definition) is 1. The molecule has 1 aromatic heterocycles. The minimum Gasteiger partial charge on any atom is -0.438 e. The minimum absolute atomic E-state index is 0.0156. The van der Waals surface area contributed by atoms with E-state index in [0.717, 1.165) is 11.7 Å². The molecule has 1 aliphatic heterocycles. The molecule has 0 spiro atoms. The van der Waals surface area contributed by atoms with E-state index < -0.39 is 34.3 Å². The van der Waals surface area contributed by atoms with E-state index in [1.54, 1.807) is 37.3 Å². The van der Waals surface area contributed by atoms with E-state index in [0.29, 0.717) is 5.75 Å². The molecule has 1 saturated heterocycles. The van der Waals surface area contributed by atoms with Gasteiger partial charge in [-0.2, -0.15) is 4.98 Å². The number of halogens is 2. The molecule has 2 aromatic rings. The first-order valence-electron chi connectivity index (χ1n) is 9.44. The predicted molar refractivity (Wildman–Crippen MR) is 111 cm³/mol. The lowest BCUT2D eigenvalue weighted by Gasteiger charge is -2.18. The molecule has 2 heterocycles. The zero-order chi connectivity index (χ0) is 22.6. The van der Waals surface area contributed by atoms with Crippen molar-refractivity contribution in [1.29, 1.82) is 0 Å². The molecule has 1 aliphatic rings. The molecule has 0 saturated carbocycles. The van der Waals surface area contributed by atoms with E-state index in [9.17, 15) is 22.0 Å². The highest BCUT2D eigenvalue weighted by atomic mass is 32.2. The van der Waals surface area contributed by atoms with Crippen LogP contribution in [0.5, 0.6) is 11.6 Å². The maximum atomic E-state index is 13.6. The van der Waals surface area contributed by atoms with Crippen LogP contribution in [0.1, 0.15) is 23.7 Å². The van der Waals surface area contributed by atoms with Crippen LogP contribution in [0.3, 0.4) is 0 Å². The van der Waals surface area contributed by atoms with E-state index in [-0.39, 0.29) is 30.4 Å². The van der Waals surface area contributed by atoms with Gasteiger partial charge in [0.25, 0.3) is 11.8 Å². The number of benzene rings is 1. The summed E-state index contributed by atoms with van der Waals surface area (Å²) >= 11 is 0. The van der Waals surface area contributed by atoms with Crippen molar-refractivity contribution < 1.29 is 26.7 Å². The topological polar surface area (TPSA) is 101 Å². The van der Waals surface area contributed by atoms with Gasteiger partial charge >= 0.3 is 0 Å². The van der Waals surface area contributed by atoms with Crippen molar-refractivity contribution >= 4 is 21.7 Å². The highest BCUT2D eigenvalue weighted by Gasteiger charge is 2.39. The summed E-state index contributed by atoms with van der Waals surface area (Å²) in [5.41, 5.74) is -0.0156. The first-order valence-corrected chi connectivity index (χ1v) is 11.4. The molecule has 1 aromatic carbocycles. The van der Waals surface area contributed by atoms with Gasteiger partial charge in [0.2, 0.25) is 11.8 Å². The Bertz CT molecular complexity index is 1080. The molecule has 31 heavy (non-hydrogen) atoms. The number of anilines is 1. The maximum absolute atomic E-state index is 13.6. The van der Waals surface area contributed by atoms with Crippen LogP contribution in [-0.4, -0.2) is 55.6 Å². The zero-order valence-electron chi connectivity index (χ0n) is 17.0. The Morgan fingerprint density at radius 1 is 1.32 bits per heavy atom. The van der Waals surface area contributed by atoms with Crippen molar-refractivity contribution in [1.82, 2.24) is 15.3 Å². The van der Waals surface area contributed by atoms with E-state index in [2.05, 4.69) is 15.3 Å². The Labute approximate surface area is 178 Å². The molecule has 0 bridgehead atoms. The Hall–Kier alpha value is -3.08. The summed E-state index contributed by atoms with van der Waals surface area (Å²) in [7, 11) is -3.34. The maximum Gasteiger partial charge on any atom is 0.267 e. The molecule has 1 amide bonds. The molecule has 1 atom stereocenters. The Kier molecular flexibility index (Phi) is 6.54. The van der Waals surface area contributed by atoms with Gasteiger partial charge in [-0.25, -0.2) is 22.2 Å². The Morgan fingerprint density at radius 3 is 2.65 bits per heavy atom. The number of ether oxygens (including phenoxy) is 1. The first-order chi connectivity index (χ1) is 14.5. The van der Waals surface area contributed by atoms with Gasteiger partial charge in [0.1, 0.15) is 11.3 Å². The molecule has 3 rings (SSSR count). The van der Waals surface area contributed by atoms with Gasteiger partial charge in [0.15, 0.2) is 9.84 Å². The number of para-hydroxylation sites is 1. The van der Waals surface area contributed by atoms with Gasteiger partial charge < -0.3 is 15.0 Å². The van der Waals surface area contributed by atoms with Crippen molar-refractivity contribution in [3.05, 3.63) is 53.6 Å². The SMILES string of the molecule is CC(/C=C/S(C)(=O)=O)NC(=O)c1cnc(N2CCC(F)(F)C2)nc1Oc1ccccc1. The summed E-state index contributed by atoms with van der Waals surface area (Å²) in [5.74, 6) is -3.10. The second kappa shape index (κ2) is 8.96. The van der Waals surface area contributed by atoms with Gasteiger partial charge in [-0.3, -0.25) is 4.79 Å². The number of aromatic nitrogens is 2. The summed E-state index contributed by atoms with van der Waals surface area (Å²) in [6, 6.07) is 7.96. The van der Waals surface area contributed by atoms with E-state index in [1.807, 2.05) is 0 Å². The number of amides is 1. The monoisotopic (exact) mass is 452 g/mol. The number of nitrogens with one attached hydrogen (secondary N) is 1. The zero-order valence-corrected chi connectivity index (χ0v) is 17.8. The number of nitrogens with zero attached hydrogens (tertiary/aromatic N) is 3. The fraction of sp³-hybridized carbons (Fsp3) is 0.350. The Morgan fingerprint density at radius 2 is 2.03 bits per heavy atom. The van der Waals surface area contributed by atoms with Crippen LogP contribution in [0, 0.1) is 0 Å². The van der Waals surface area contributed by atoms with Crippen LogP contribution in [0.2, 0.25) is 0 Å². The molecule has 1 N–H and O–H groups in total. The summed E-state index contributed by atoms with van der Waals surface area (Å²) < 4.78 is 55.4. The van der Waals surface area contributed by atoms with Gasteiger partial charge in [0.05, 0.1) is 6.54 Å². The average Bonchev–Trinajstić information content (AvgIpc) is 3.06. The van der Waals surface area contributed by atoms with Gasteiger partial charge in [-0.15, -0.1) is 0 Å². The number of carbonyl (C=O) groups is 1. The van der Waals surface area contributed by atoms with E-state index >= 15 is 0 Å². The lowest BCUT2D eigenvalue weighted by Crippen LogP contribution is -2.32. The molecular formula is C20H22F2N4O4S. The van der Waals surface area contributed by atoms with Crippen LogP contribution in [-0.2, 0) is 9.84 Å². The highest BCUT2D eigenvalue weighted by Crippen LogP contribution is 2.31. The first kappa shape index (κ1) is 22.6. The van der Waals surface area contributed by atoms with Gasteiger partial charge in [0, 0.05) is 36.9 Å². The molecule has 11 heteroatoms. The minimum atomic E-state index is -3.34. The van der Waals surface area contributed by atoms with Gasteiger partial charge in [-0.1, -0.05) is 24.3 Å². The van der Waals surface area contributed by atoms with Gasteiger partial charge in [-0.05, 0) is 19.1 Å². The van der Waals surface area contributed by atoms with Crippen molar-refractivity contribution in [2.24, 2.45) is 0 Å². The molecule has 1 unspecified atom stereocenters. The summed E-state index contributed by atoms with van der Waals surface area (Å²) in [4.78, 5) is 22.4. The summed E-state index contributed by atoms with van der Waals surface area (Å²) in [6.45, 7) is 1.16. The van der Waals surface area contributed by atoms with Crippen LogP contribution in [0.15, 0.2) is 48.0 Å². The number of rotatable bonds is 7. The number of alkyl halides is 2. The molecular weight excluding hydrogens is 430 g/mol. The van der Waals surface area contributed by atoms with Crippen LogP contribution >= 0.6 is 0 Å². The third-order valence-corrected chi connectivity index (χ3v) is 5.02. The normalized spacial score (nSPS) is 17.0. The molecule has 166 valence electrons. The summed E-state index contributed by atoms with van der Waals surface area (Å²) in [5, 5.41) is 3.61. The highest BCUT2D eigenvalue weighted by molar-refractivity contribution is 7.93. The van der Waals surface area contributed by atoms with E-state index in [1.165, 1.54) is 17.2 Å². The smallest absolute Gasteiger partial charge is 0.267 e. The molecule has 1 fully saturated rings. The fourth-order valence-electron chi connectivity index (χ4n) is 2.84. The van der Waals surface area contributed by atoms with E-state index in [4.69, 9.17) is 4.74 Å². The third kappa shape index (κ3) is 6.45. The molecule has 8 nitrogen and oxygen atoms in total. The fourth-order valence-corrected chi connectivity index (χ4v) is 3.36. The number of sulfone groups is 1. The molecule has 0 aliphatic carbocycles. The van der Waals surface area contributed by atoms with Crippen LogP contribution in [0.4, 0.5) is 14.7 Å². The number of carbonyl (C=O) groups excluding carboxylic acids is 1. The second-order valence-electron chi connectivity index (χ2n) is 7.25. The van der Waals surface area contributed by atoms with Crippen LogP contribution < -0.4 is 15.0 Å². The van der Waals surface area contributed by atoms with Crippen LogP contribution in [0.25, 0.3) is 0 Å². The quantitative estimate of drug-likeness (QED) is 0.689. The predicted octanol–water partition coefficient (Wildman–Crippen LogP) is 2.79. The average molecular weight is 452 g/mol. The number of hydrogen-bond acceptors (Lipinski definition) is 7. The molecule has 0 radical (unpaired) electrons. The van der Waals surface area contributed by atoms with Crippen molar-refractivity contribution in [2.75, 3.05) is 24.2 Å². The third-order valence-electron chi connectivity index (χ3n) is 4.37. The standard InChI is InChI=1S/C20H22F2N4O4S/c1-14(8-11-31(2,28)29)24-17(27)16-12-23-19(26-10-9-20(21,22)13-26)25-18(16)30-15-6-4-3-5-7-15/h3-8,11-12,14H,9-10,13H2,1-2H3,(H,24,27)/b11-8+. The lowest BCUT2D eigenvalue weighted by molar-refractivity contribution is 0.0256. The van der Waals surface area contributed by atoms with Crippen molar-refractivity contribution in [2.45, 2.75) is 25.3 Å². The Balaban J connectivity index is 1.87. The van der Waals surface area contributed by atoms with Crippen molar-refractivity contribution in [3.63, 3.8) is 0 Å².